The van der Waals surface area contributed by atoms with Crippen molar-refractivity contribution in [3.8, 4) is 0 Å². The summed E-state index contributed by atoms with van der Waals surface area (Å²) < 4.78 is 7.04. The first-order valence-electron chi connectivity index (χ1n) is 10.1. The Morgan fingerprint density at radius 3 is 1.74 bits per heavy atom. The van der Waals surface area contributed by atoms with Crippen LogP contribution in [-0.2, 0) is 11.0 Å². The van der Waals surface area contributed by atoms with Gasteiger partial charge in [0.1, 0.15) is 6.10 Å². The van der Waals surface area contributed by atoms with Crippen LogP contribution in [0.15, 0.2) is 65.7 Å². The van der Waals surface area contributed by atoms with Gasteiger partial charge in [0, 0.05) is 6.21 Å². The SMILES string of the molecule is CC(C)[Si](OC(C=NCc1ccccc1)c1ccccc1)(C(C)C)C(C)C. The van der Waals surface area contributed by atoms with Gasteiger partial charge in [-0.25, -0.2) is 0 Å². The molecule has 0 aliphatic heterocycles. The number of rotatable bonds is 9. The molecular formula is C24H35NOSi. The zero-order valence-electron chi connectivity index (χ0n) is 17.7. The maximum atomic E-state index is 7.04. The van der Waals surface area contributed by atoms with Gasteiger partial charge in [0.05, 0.1) is 6.54 Å². The highest BCUT2D eigenvalue weighted by Crippen LogP contribution is 2.44. The summed E-state index contributed by atoms with van der Waals surface area (Å²) in [6.45, 7) is 14.7. The van der Waals surface area contributed by atoms with Crippen molar-refractivity contribution in [1.29, 1.82) is 0 Å². The van der Waals surface area contributed by atoms with Crippen molar-refractivity contribution in [1.82, 2.24) is 0 Å². The lowest BCUT2D eigenvalue weighted by Gasteiger charge is -2.44. The summed E-state index contributed by atoms with van der Waals surface area (Å²) in [7, 11) is -1.99. The minimum atomic E-state index is -1.99. The van der Waals surface area contributed by atoms with Crippen LogP contribution < -0.4 is 0 Å². The Hall–Kier alpha value is -1.71. The predicted molar refractivity (Wildman–Crippen MR) is 120 cm³/mol. The second-order valence-electron chi connectivity index (χ2n) is 8.24. The van der Waals surface area contributed by atoms with E-state index >= 15 is 0 Å². The van der Waals surface area contributed by atoms with Crippen molar-refractivity contribution >= 4 is 14.5 Å². The lowest BCUT2D eigenvalue weighted by Crippen LogP contribution is -2.48. The molecule has 2 nitrogen and oxygen atoms in total. The van der Waals surface area contributed by atoms with Crippen LogP contribution in [0.4, 0.5) is 0 Å². The summed E-state index contributed by atoms with van der Waals surface area (Å²) in [4.78, 5) is 4.75. The molecule has 0 fully saturated rings. The number of nitrogens with zero attached hydrogens (tertiary/aromatic N) is 1. The molecule has 1 atom stereocenters. The molecule has 0 radical (unpaired) electrons. The molecule has 3 heteroatoms. The molecule has 0 aromatic heterocycles. The minimum absolute atomic E-state index is 0.0891. The van der Waals surface area contributed by atoms with Crippen LogP contribution in [0.5, 0.6) is 0 Å². The molecule has 0 N–H and O–H groups in total. The molecule has 0 aliphatic carbocycles. The molecule has 2 aromatic rings. The molecule has 0 saturated heterocycles. The van der Waals surface area contributed by atoms with Crippen molar-refractivity contribution in [2.24, 2.45) is 4.99 Å². The van der Waals surface area contributed by atoms with E-state index < -0.39 is 8.32 Å². The molecule has 2 aromatic carbocycles. The van der Waals surface area contributed by atoms with Crippen LogP contribution in [0.2, 0.25) is 16.6 Å². The fourth-order valence-electron chi connectivity index (χ4n) is 4.29. The highest BCUT2D eigenvalue weighted by atomic mass is 28.4. The third-order valence-electron chi connectivity index (χ3n) is 5.52. The molecule has 0 bridgehead atoms. The van der Waals surface area contributed by atoms with E-state index in [9.17, 15) is 0 Å². The van der Waals surface area contributed by atoms with Crippen molar-refractivity contribution in [2.75, 3.05) is 0 Å². The largest absolute Gasteiger partial charge is 0.404 e. The number of hydrogen-bond acceptors (Lipinski definition) is 2. The van der Waals surface area contributed by atoms with Gasteiger partial charge in [0.25, 0.3) is 0 Å². The van der Waals surface area contributed by atoms with E-state index in [-0.39, 0.29) is 6.10 Å². The van der Waals surface area contributed by atoms with Crippen molar-refractivity contribution in [3.05, 3.63) is 71.8 Å². The van der Waals surface area contributed by atoms with Gasteiger partial charge in [0.2, 0.25) is 8.32 Å². The molecule has 0 aliphatic rings. The van der Waals surface area contributed by atoms with Gasteiger partial charge in [-0.2, -0.15) is 0 Å². The normalized spacial score (nSPS) is 13.8. The van der Waals surface area contributed by atoms with Crippen LogP contribution in [0, 0.1) is 0 Å². The standard InChI is InChI=1S/C24H35NOSi/c1-19(2)27(20(3)4,21(5)6)26-24(23-15-11-8-12-16-23)18-25-17-22-13-9-7-10-14-22/h7-16,18-21,24H,17H2,1-6H3. The number of aliphatic imine (C=N–C) groups is 1. The van der Waals surface area contributed by atoms with Gasteiger partial charge in [0.15, 0.2) is 0 Å². The smallest absolute Gasteiger partial charge is 0.201 e. The average Bonchev–Trinajstić information content (AvgIpc) is 2.65. The predicted octanol–water partition coefficient (Wildman–Crippen LogP) is 7.19. The maximum Gasteiger partial charge on any atom is 0.201 e. The van der Waals surface area contributed by atoms with Crippen LogP contribution in [0.1, 0.15) is 58.8 Å². The number of benzene rings is 2. The summed E-state index contributed by atoms with van der Waals surface area (Å²) in [5, 5.41) is 0. The Bertz CT molecular complexity index is 673. The van der Waals surface area contributed by atoms with Crippen molar-refractivity contribution in [2.45, 2.75) is 70.8 Å². The lowest BCUT2D eigenvalue weighted by atomic mass is 10.1. The fourth-order valence-corrected chi connectivity index (χ4v) is 9.75. The van der Waals surface area contributed by atoms with E-state index in [0.29, 0.717) is 23.2 Å². The lowest BCUT2D eigenvalue weighted by molar-refractivity contribution is 0.241. The molecule has 0 saturated carbocycles. The zero-order chi connectivity index (χ0) is 19.9. The molecule has 2 rings (SSSR count). The van der Waals surface area contributed by atoms with Crippen molar-refractivity contribution < 1.29 is 4.43 Å². The van der Waals surface area contributed by atoms with Crippen LogP contribution >= 0.6 is 0 Å². The first-order valence-corrected chi connectivity index (χ1v) is 12.3. The average molecular weight is 382 g/mol. The van der Waals surface area contributed by atoms with E-state index in [2.05, 4.69) is 96.1 Å². The highest BCUT2D eigenvalue weighted by molar-refractivity contribution is 6.77. The first kappa shape index (κ1) is 21.6. The Kier molecular flexibility index (Phi) is 8.00. The quantitative estimate of drug-likeness (QED) is 0.333. The van der Waals surface area contributed by atoms with Crippen LogP contribution in [0.3, 0.4) is 0 Å². The molecule has 0 heterocycles. The molecular weight excluding hydrogens is 346 g/mol. The highest BCUT2D eigenvalue weighted by Gasteiger charge is 2.46. The third-order valence-corrected chi connectivity index (χ3v) is 11.6. The molecule has 0 amide bonds. The monoisotopic (exact) mass is 381 g/mol. The summed E-state index contributed by atoms with van der Waals surface area (Å²) in [6.07, 6.45) is 1.94. The number of hydrogen-bond donors (Lipinski definition) is 0. The van der Waals surface area contributed by atoms with Crippen LogP contribution in [-0.4, -0.2) is 14.5 Å². The maximum absolute atomic E-state index is 7.04. The van der Waals surface area contributed by atoms with E-state index in [1.54, 1.807) is 0 Å². The summed E-state index contributed by atoms with van der Waals surface area (Å²) in [5.74, 6) is 0. The Morgan fingerprint density at radius 2 is 1.26 bits per heavy atom. The van der Waals surface area contributed by atoms with E-state index in [1.165, 1.54) is 11.1 Å². The molecule has 0 spiro atoms. The Balaban J connectivity index is 2.32. The summed E-state index contributed by atoms with van der Waals surface area (Å²) in [6, 6.07) is 20.9. The van der Waals surface area contributed by atoms with E-state index in [0.717, 1.165) is 0 Å². The van der Waals surface area contributed by atoms with Gasteiger partial charge < -0.3 is 4.43 Å². The second kappa shape index (κ2) is 10.0. The van der Waals surface area contributed by atoms with Gasteiger partial charge >= 0.3 is 0 Å². The molecule has 146 valence electrons. The van der Waals surface area contributed by atoms with Gasteiger partial charge in [-0.05, 0) is 27.8 Å². The topological polar surface area (TPSA) is 21.6 Å². The Morgan fingerprint density at radius 1 is 0.778 bits per heavy atom. The van der Waals surface area contributed by atoms with Crippen LogP contribution in [0.25, 0.3) is 0 Å². The van der Waals surface area contributed by atoms with Crippen molar-refractivity contribution in [3.63, 3.8) is 0 Å². The van der Waals surface area contributed by atoms with E-state index in [1.807, 2.05) is 12.3 Å². The molecule has 27 heavy (non-hydrogen) atoms. The summed E-state index contributed by atoms with van der Waals surface area (Å²) >= 11 is 0. The zero-order valence-corrected chi connectivity index (χ0v) is 18.7. The first-order chi connectivity index (χ1) is 12.9. The minimum Gasteiger partial charge on any atom is -0.404 e. The van der Waals surface area contributed by atoms with Gasteiger partial charge in [-0.15, -0.1) is 0 Å². The van der Waals surface area contributed by atoms with E-state index in [4.69, 9.17) is 9.42 Å². The fraction of sp³-hybridized carbons (Fsp3) is 0.458. The third kappa shape index (κ3) is 5.39. The van der Waals surface area contributed by atoms with Gasteiger partial charge in [-0.3, -0.25) is 4.99 Å². The second-order valence-corrected chi connectivity index (χ2v) is 13.6. The molecule has 1 unspecified atom stereocenters. The van der Waals surface area contributed by atoms with Gasteiger partial charge in [-0.1, -0.05) is 102 Å². The Labute approximate surface area is 166 Å². The summed E-state index contributed by atoms with van der Waals surface area (Å²) in [5.41, 5.74) is 4.05.